The van der Waals surface area contributed by atoms with E-state index in [1.807, 2.05) is 56.3 Å². The van der Waals surface area contributed by atoms with E-state index in [1.54, 1.807) is 4.68 Å². The maximum absolute atomic E-state index is 12.9. The minimum absolute atomic E-state index is 0.122. The molecule has 0 aliphatic rings. The van der Waals surface area contributed by atoms with Crippen LogP contribution >= 0.6 is 0 Å². The third-order valence-corrected chi connectivity index (χ3v) is 5.33. The highest BCUT2D eigenvalue weighted by atomic mass is 16.2. The van der Waals surface area contributed by atoms with Crippen LogP contribution in [0.5, 0.6) is 0 Å². The van der Waals surface area contributed by atoms with E-state index in [2.05, 4.69) is 29.2 Å². The molecule has 2 heterocycles. The maximum Gasteiger partial charge on any atom is 0.264 e. The van der Waals surface area contributed by atoms with Crippen molar-refractivity contribution in [3.63, 3.8) is 0 Å². The smallest absolute Gasteiger partial charge is 0.264 e. The Balaban J connectivity index is 1.59. The van der Waals surface area contributed by atoms with E-state index in [0.29, 0.717) is 17.0 Å². The van der Waals surface area contributed by atoms with Crippen molar-refractivity contribution in [2.45, 2.75) is 40.2 Å². The minimum atomic E-state index is -0.300. The summed E-state index contributed by atoms with van der Waals surface area (Å²) in [4.78, 5) is 29.8. The molecule has 1 amide bonds. The van der Waals surface area contributed by atoms with Crippen molar-refractivity contribution in [3.8, 4) is 5.69 Å². The molecule has 4 rings (SSSR count). The molecule has 4 aromatic rings. The van der Waals surface area contributed by atoms with Crippen LogP contribution in [0, 0.1) is 13.8 Å². The standard InChI is InChI=1S/C24H25N5O2/c1-15(2)18-6-8-19(9-7-18)29-23-20(12-26-29)24(31)28(14-25-23)13-22(30)27-21-10-5-16(3)11-17(21)4/h5-12,14-15H,13H2,1-4H3,(H,27,30). The molecule has 0 spiro atoms. The van der Waals surface area contributed by atoms with Crippen LogP contribution in [0.4, 0.5) is 5.69 Å². The van der Waals surface area contributed by atoms with Crippen molar-refractivity contribution in [2.75, 3.05) is 5.32 Å². The second-order valence-electron chi connectivity index (χ2n) is 8.08. The van der Waals surface area contributed by atoms with Gasteiger partial charge in [0.25, 0.3) is 5.56 Å². The van der Waals surface area contributed by atoms with Gasteiger partial charge in [-0.2, -0.15) is 5.10 Å². The zero-order chi connectivity index (χ0) is 22.1. The van der Waals surface area contributed by atoms with Gasteiger partial charge in [0.15, 0.2) is 5.65 Å². The van der Waals surface area contributed by atoms with E-state index in [0.717, 1.165) is 22.5 Å². The summed E-state index contributed by atoms with van der Waals surface area (Å²) in [6.45, 7) is 8.09. The van der Waals surface area contributed by atoms with Crippen molar-refractivity contribution in [2.24, 2.45) is 0 Å². The predicted octanol–water partition coefficient (Wildman–Crippen LogP) is 3.96. The first kappa shape index (κ1) is 20.5. The molecule has 0 unspecified atom stereocenters. The van der Waals surface area contributed by atoms with E-state index in [9.17, 15) is 9.59 Å². The molecule has 0 saturated carbocycles. The van der Waals surface area contributed by atoms with Crippen molar-refractivity contribution in [1.82, 2.24) is 19.3 Å². The molecular formula is C24H25N5O2. The first-order chi connectivity index (χ1) is 14.8. The third kappa shape index (κ3) is 4.12. The number of benzene rings is 2. The molecule has 0 aliphatic carbocycles. The summed E-state index contributed by atoms with van der Waals surface area (Å²) in [6.07, 6.45) is 2.90. The van der Waals surface area contributed by atoms with Crippen LogP contribution in [0.15, 0.2) is 59.8 Å². The number of nitrogens with one attached hydrogen (secondary N) is 1. The normalized spacial score (nSPS) is 11.3. The van der Waals surface area contributed by atoms with Gasteiger partial charge in [-0.25, -0.2) is 9.67 Å². The fourth-order valence-corrected chi connectivity index (χ4v) is 3.55. The number of hydrogen-bond donors (Lipinski definition) is 1. The SMILES string of the molecule is Cc1ccc(NC(=O)Cn2cnc3c(cnn3-c3ccc(C(C)C)cc3)c2=O)c(C)c1. The van der Waals surface area contributed by atoms with Crippen LogP contribution in [-0.2, 0) is 11.3 Å². The molecule has 0 bridgehead atoms. The number of hydrogen-bond acceptors (Lipinski definition) is 4. The molecule has 2 aromatic heterocycles. The van der Waals surface area contributed by atoms with E-state index >= 15 is 0 Å². The third-order valence-electron chi connectivity index (χ3n) is 5.33. The van der Waals surface area contributed by atoms with Gasteiger partial charge in [-0.05, 0) is 49.1 Å². The second-order valence-corrected chi connectivity index (χ2v) is 8.08. The largest absolute Gasteiger partial charge is 0.324 e. The van der Waals surface area contributed by atoms with Crippen LogP contribution in [0.1, 0.15) is 36.5 Å². The molecule has 7 nitrogen and oxygen atoms in total. The molecule has 1 N–H and O–H groups in total. The van der Waals surface area contributed by atoms with Crippen molar-refractivity contribution >= 4 is 22.6 Å². The van der Waals surface area contributed by atoms with Crippen LogP contribution < -0.4 is 10.9 Å². The van der Waals surface area contributed by atoms with Crippen LogP contribution in [0.25, 0.3) is 16.7 Å². The Morgan fingerprint density at radius 1 is 1.10 bits per heavy atom. The Labute approximate surface area is 180 Å². The van der Waals surface area contributed by atoms with Gasteiger partial charge in [0.2, 0.25) is 5.91 Å². The molecule has 0 fully saturated rings. The number of rotatable bonds is 5. The van der Waals surface area contributed by atoms with Gasteiger partial charge >= 0.3 is 0 Å². The van der Waals surface area contributed by atoms with Gasteiger partial charge in [0.1, 0.15) is 18.3 Å². The Bertz CT molecular complexity index is 1320. The number of anilines is 1. The van der Waals surface area contributed by atoms with E-state index in [4.69, 9.17) is 0 Å². The first-order valence-corrected chi connectivity index (χ1v) is 10.2. The zero-order valence-corrected chi connectivity index (χ0v) is 18.1. The lowest BCUT2D eigenvalue weighted by atomic mass is 10.0. The quantitative estimate of drug-likeness (QED) is 0.535. The molecule has 158 valence electrons. The fraction of sp³-hybridized carbons (Fsp3) is 0.250. The monoisotopic (exact) mass is 415 g/mol. The van der Waals surface area contributed by atoms with E-state index in [-0.39, 0.29) is 18.0 Å². The van der Waals surface area contributed by atoms with Crippen molar-refractivity contribution < 1.29 is 4.79 Å². The van der Waals surface area contributed by atoms with Crippen LogP contribution in [0.2, 0.25) is 0 Å². The van der Waals surface area contributed by atoms with Crippen molar-refractivity contribution in [1.29, 1.82) is 0 Å². The minimum Gasteiger partial charge on any atom is -0.324 e. The summed E-state index contributed by atoms with van der Waals surface area (Å²) < 4.78 is 2.94. The van der Waals surface area contributed by atoms with E-state index < -0.39 is 0 Å². The summed E-state index contributed by atoms with van der Waals surface area (Å²) in [5, 5.41) is 7.58. The number of carbonyl (C=O) groups excluding carboxylic acids is 1. The lowest BCUT2D eigenvalue weighted by Crippen LogP contribution is -2.28. The van der Waals surface area contributed by atoms with Crippen LogP contribution in [-0.4, -0.2) is 25.2 Å². The van der Waals surface area contributed by atoms with E-state index in [1.165, 1.54) is 22.7 Å². The summed E-state index contributed by atoms with van der Waals surface area (Å²) >= 11 is 0. The molecule has 2 aromatic carbocycles. The Kier molecular flexibility index (Phi) is 5.42. The molecular weight excluding hydrogens is 390 g/mol. The maximum atomic E-state index is 12.9. The molecule has 0 atom stereocenters. The fourth-order valence-electron chi connectivity index (χ4n) is 3.55. The topological polar surface area (TPSA) is 81.8 Å². The number of aromatic nitrogens is 4. The van der Waals surface area contributed by atoms with Gasteiger partial charge in [-0.3, -0.25) is 14.2 Å². The Morgan fingerprint density at radius 2 is 1.84 bits per heavy atom. The highest BCUT2D eigenvalue weighted by Crippen LogP contribution is 2.19. The van der Waals surface area contributed by atoms with Gasteiger partial charge in [0.05, 0.1) is 11.9 Å². The summed E-state index contributed by atoms with van der Waals surface area (Å²) in [6, 6.07) is 13.8. The molecule has 0 radical (unpaired) electrons. The highest BCUT2D eigenvalue weighted by molar-refractivity contribution is 5.91. The van der Waals surface area contributed by atoms with Gasteiger partial charge in [0, 0.05) is 5.69 Å². The van der Waals surface area contributed by atoms with Crippen molar-refractivity contribution in [3.05, 3.63) is 82.0 Å². The lowest BCUT2D eigenvalue weighted by molar-refractivity contribution is -0.116. The predicted molar refractivity (Wildman–Crippen MR) is 122 cm³/mol. The van der Waals surface area contributed by atoms with Gasteiger partial charge in [-0.15, -0.1) is 0 Å². The number of amides is 1. The molecule has 0 aliphatic heterocycles. The summed E-state index contributed by atoms with van der Waals surface area (Å²) in [5.41, 5.74) is 5.05. The number of aryl methyl sites for hydroxylation is 2. The van der Waals surface area contributed by atoms with Gasteiger partial charge < -0.3 is 5.32 Å². The summed E-state index contributed by atoms with van der Waals surface area (Å²) in [7, 11) is 0. The average Bonchev–Trinajstić information content (AvgIpc) is 3.17. The average molecular weight is 415 g/mol. The summed E-state index contributed by atoms with van der Waals surface area (Å²) in [5.74, 6) is 0.149. The molecule has 7 heteroatoms. The van der Waals surface area contributed by atoms with Gasteiger partial charge in [-0.1, -0.05) is 43.7 Å². The number of carbonyl (C=O) groups is 1. The van der Waals surface area contributed by atoms with Crippen LogP contribution in [0.3, 0.4) is 0 Å². The lowest BCUT2D eigenvalue weighted by Gasteiger charge is -2.10. The number of nitrogens with zero attached hydrogens (tertiary/aromatic N) is 4. The first-order valence-electron chi connectivity index (χ1n) is 10.2. The molecule has 0 saturated heterocycles. The zero-order valence-electron chi connectivity index (χ0n) is 18.1. The Morgan fingerprint density at radius 3 is 2.52 bits per heavy atom. The number of fused-ring (bicyclic) bond motifs is 1. The second kappa shape index (κ2) is 8.18. The highest BCUT2D eigenvalue weighted by Gasteiger charge is 2.14. The Hall–Kier alpha value is -3.74. The molecule has 31 heavy (non-hydrogen) atoms.